The van der Waals surface area contributed by atoms with Gasteiger partial charge in [0.25, 0.3) is 5.13 Å². The molecule has 8 heteroatoms. The van der Waals surface area contributed by atoms with Gasteiger partial charge in [-0.15, -0.1) is 16.3 Å². The van der Waals surface area contributed by atoms with E-state index < -0.39 is 0 Å². The second-order valence-corrected chi connectivity index (χ2v) is 6.27. The van der Waals surface area contributed by atoms with Gasteiger partial charge in [-0.25, -0.2) is 9.98 Å². The van der Waals surface area contributed by atoms with Gasteiger partial charge in [-0.2, -0.15) is 0 Å². The normalized spacial score (nSPS) is 10.0. The molecule has 22 heavy (non-hydrogen) atoms. The maximum atomic E-state index is 5.42. The Labute approximate surface area is 146 Å². The third-order valence-corrected chi connectivity index (χ3v) is 4.79. The number of benzene rings is 1. The van der Waals surface area contributed by atoms with Crippen molar-refractivity contribution in [2.24, 2.45) is 11.5 Å². The predicted molar refractivity (Wildman–Crippen MR) is 87.4 cm³/mol. The van der Waals surface area contributed by atoms with Gasteiger partial charge in [-0.3, -0.25) is 0 Å². The summed E-state index contributed by atoms with van der Waals surface area (Å²) >= 11 is 3.10. The second-order valence-electron chi connectivity index (χ2n) is 4.42. The Kier molecular flexibility index (Phi) is 5.28. The molecule has 2 aromatic heterocycles. The van der Waals surface area contributed by atoms with Crippen molar-refractivity contribution in [2.75, 3.05) is 0 Å². The lowest BCUT2D eigenvalue weighted by atomic mass is 10.2. The lowest BCUT2D eigenvalue weighted by Gasteiger charge is -1.92. The van der Waals surface area contributed by atoms with E-state index in [0.717, 1.165) is 26.8 Å². The van der Waals surface area contributed by atoms with E-state index in [1.165, 1.54) is 11.3 Å². The highest BCUT2D eigenvalue weighted by Gasteiger charge is 2.16. The van der Waals surface area contributed by atoms with E-state index in [9.17, 15) is 0 Å². The molecular formula is C14H14BrN5S2. The number of hydrogen-bond donors (Lipinski definition) is 3. The Balaban J connectivity index is 0.00000176. The van der Waals surface area contributed by atoms with Crippen LogP contribution in [0.15, 0.2) is 35.7 Å². The first-order chi connectivity index (χ1) is 10.1. The van der Waals surface area contributed by atoms with Gasteiger partial charge in [0.15, 0.2) is 5.69 Å². The Bertz CT molecular complexity index is 791. The molecule has 0 saturated heterocycles. The number of aromatic nitrogens is 2. The minimum atomic E-state index is 0. The van der Waals surface area contributed by atoms with Crippen molar-refractivity contribution < 1.29 is 22.0 Å². The maximum Gasteiger partial charge on any atom is 0.303 e. The summed E-state index contributed by atoms with van der Waals surface area (Å²) in [7, 11) is 0. The summed E-state index contributed by atoms with van der Waals surface area (Å²) in [5.41, 5.74) is 13.8. The van der Waals surface area contributed by atoms with Crippen molar-refractivity contribution in [3.63, 3.8) is 0 Å². The van der Waals surface area contributed by atoms with E-state index in [4.69, 9.17) is 11.5 Å². The number of hydrogen-bond acceptors (Lipinski definition) is 4. The molecule has 3 aromatic rings. The number of aryl methyl sites for hydroxylation is 1. The van der Waals surface area contributed by atoms with Gasteiger partial charge in [0.05, 0.1) is 10.6 Å². The average molecular weight is 396 g/mol. The van der Waals surface area contributed by atoms with Crippen LogP contribution in [0.5, 0.6) is 0 Å². The van der Waals surface area contributed by atoms with Crippen LogP contribution >= 0.6 is 22.7 Å². The van der Waals surface area contributed by atoms with E-state index in [0.29, 0.717) is 5.13 Å². The Morgan fingerprint density at radius 3 is 2.55 bits per heavy atom. The van der Waals surface area contributed by atoms with Crippen LogP contribution in [0, 0.1) is 6.92 Å². The summed E-state index contributed by atoms with van der Waals surface area (Å²) < 4.78 is 0. The standard InChI is InChI=1S/C14H13N5S2.BrH/c1-8-11(10-7-20-14(18-10)19-13(15)16)21-12(17-8)9-5-3-2-4-6-9;/h2-7H,1H3,(H4,15,16,18,19);1H. The fraction of sp³-hybridized carbons (Fsp3) is 0.0714. The summed E-state index contributed by atoms with van der Waals surface area (Å²) in [6, 6.07) is 10.1. The van der Waals surface area contributed by atoms with Crippen LogP contribution < -0.4 is 33.4 Å². The van der Waals surface area contributed by atoms with Gasteiger partial charge < -0.3 is 28.4 Å². The molecule has 0 aliphatic heterocycles. The zero-order valence-electron chi connectivity index (χ0n) is 11.7. The topological polar surface area (TPSA) is 91.8 Å². The summed E-state index contributed by atoms with van der Waals surface area (Å²) in [5.74, 6) is 0.141. The number of halogens is 1. The highest BCUT2D eigenvalue weighted by Crippen LogP contribution is 2.35. The summed E-state index contributed by atoms with van der Waals surface area (Å²) in [6.45, 7) is 1.99. The first-order valence-corrected chi connectivity index (χ1v) is 7.97. The lowest BCUT2D eigenvalue weighted by Crippen LogP contribution is -3.00. The van der Waals surface area contributed by atoms with Crippen LogP contribution in [0.1, 0.15) is 5.69 Å². The monoisotopic (exact) mass is 395 g/mol. The number of rotatable bonds is 3. The van der Waals surface area contributed by atoms with E-state index in [1.807, 2.05) is 30.5 Å². The van der Waals surface area contributed by atoms with Crippen LogP contribution in [0.3, 0.4) is 0 Å². The van der Waals surface area contributed by atoms with Crippen molar-refractivity contribution in [3.05, 3.63) is 41.4 Å². The fourth-order valence-electron chi connectivity index (χ4n) is 1.90. The van der Waals surface area contributed by atoms with Gasteiger partial charge in [-0.1, -0.05) is 41.7 Å². The van der Waals surface area contributed by atoms with Gasteiger partial charge in [0.2, 0.25) is 0 Å². The van der Waals surface area contributed by atoms with Crippen molar-refractivity contribution >= 4 is 33.8 Å². The summed E-state index contributed by atoms with van der Waals surface area (Å²) in [5, 5.41) is 3.65. The van der Waals surface area contributed by atoms with Crippen LogP contribution in [0.25, 0.3) is 21.1 Å². The van der Waals surface area contributed by atoms with Gasteiger partial charge in [0.1, 0.15) is 5.01 Å². The largest absolute Gasteiger partial charge is 1.00 e. The van der Waals surface area contributed by atoms with Crippen LogP contribution in [0.2, 0.25) is 0 Å². The minimum absolute atomic E-state index is 0. The van der Waals surface area contributed by atoms with E-state index in [-0.39, 0.29) is 22.9 Å². The van der Waals surface area contributed by atoms with E-state index in [2.05, 4.69) is 27.1 Å². The van der Waals surface area contributed by atoms with E-state index in [1.54, 1.807) is 11.3 Å². The molecule has 0 aliphatic rings. The molecule has 1 aromatic carbocycles. The van der Waals surface area contributed by atoms with Gasteiger partial charge >= 0.3 is 5.96 Å². The molecule has 0 unspecified atom stereocenters. The molecule has 5 nitrogen and oxygen atoms in total. The Morgan fingerprint density at radius 1 is 1.14 bits per heavy atom. The Hall–Kier alpha value is -1.77. The van der Waals surface area contributed by atoms with Crippen molar-refractivity contribution in [1.82, 2.24) is 9.97 Å². The van der Waals surface area contributed by atoms with Gasteiger partial charge in [-0.05, 0) is 6.92 Å². The molecule has 5 N–H and O–H groups in total. The van der Waals surface area contributed by atoms with E-state index >= 15 is 0 Å². The number of nitrogens with one attached hydrogen (secondary N) is 1. The zero-order chi connectivity index (χ0) is 14.8. The molecule has 0 saturated carbocycles. The lowest BCUT2D eigenvalue weighted by molar-refractivity contribution is -0.355. The number of nitrogens with zero attached hydrogens (tertiary/aromatic N) is 2. The summed E-state index contributed by atoms with van der Waals surface area (Å²) in [6.07, 6.45) is 0. The third kappa shape index (κ3) is 3.52. The molecule has 3 rings (SSSR count). The molecule has 0 spiro atoms. The second kappa shape index (κ2) is 6.99. The summed E-state index contributed by atoms with van der Waals surface area (Å²) in [4.78, 5) is 13.0. The molecule has 0 fully saturated rings. The molecule has 0 bridgehead atoms. The molecule has 0 aliphatic carbocycles. The first-order valence-electron chi connectivity index (χ1n) is 6.27. The zero-order valence-corrected chi connectivity index (χ0v) is 14.9. The Morgan fingerprint density at radius 2 is 1.86 bits per heavy atom. The maximum absolute atomic E-state index is 5.42. The van der Waals surface area contributed by atoms with Crippen molar-refractivity contribution in [3.8, 4) is 21.1 Å². The molecule has 0 amide bonds. The first kappa shape index (κ1) is 16.6. The van der Waals surface area contributed by atoms with Gasteiger partial charge in [0, 0.05) is 10.9 Å². The number of guanidine groups is 1. The van der Waals surface area contributed by atoms with Crippen LogP contribution in [0.4, 0.5) is 5.13 Å². The minimum Gasteiger partial charge on any atom is -1.00 e. The molecular weight excluding hydrogens is 382 g/mol. The van der Waals surface area contributed by atoms with Crippen LogP contribution in [-0.4, -0.2) is 15.9 Å². The highest BCUT2D eigenvalue weighted by molar-refractivity contribution is 7.19. The fourth-order valence-corrected chi connectivity index (χ4v) is 3.73. The van der Waals surface area contributed by atoms with Crippen molar-refractivity contribution in [1.29, 1.82) is 0 Å². The molecule has 2 heterocycles. The highest BCUT2D eigenvalue weighted by atomic mass is 79.9. The predicted octanol–water partition coefficient (Wildman–Crippen LogP) is -1.77. The molecule has 0 atom stereocenters. The average Bonchev–Trinajstić information content (AvgIpc) is 3.06. The number of thiazole rings is 2. The van der Waals surface area contributed by atoms with Crippen molar-refractivity contribution in [2.45, 2.75) is 6.92 Å². The van der Waals surface area contributed by atoms with Crippen LogP contribution in [-0.2, 0) is 0 Å². The molecule has 114 valence electrons. The quantitative estimate of drug-likeness (QED) is 0.361. The molecule has 0 radical (unpaired) electrons. The third-order valence-electron chi connectivity index (χ3n) is 2.81. The smallest absolute Gasteiger partial charge is 0.303 e. The number of nitrogens with two attached hydrogens (primary N) is 2. The SMILES string of the molecule is Cc1nc(-c2ccccc2)sc1-c1csc([NH+]=C(N)N)n1.[Br-].